The normalized spacial score (nSPS) is 44.3. The average molecular weight is 322 g/mol. The summed E-state index contributed by atoms with van der Waals surface area (Å²) < 4.78 is 11.5. The van der Waals surface area contributed by atoms with E-state index in [4.69, 9.17) is 9.47 Å². The maximum atomic E-state index is 11.6. The van der Waals surface area contributed by atoms with Crippen LogP contribution in [-0.2, 0) is 19.1 Å². The van der Waals surface area contributed by atoms with Crippen LogP contribution in [0, 0.1) is 22.2 Å². The summed E-state index contributed by atoms with van der Waals surface area (Å²) in [5.74, 6) is 0.235. The Bertz CT molecular complexity index is 525. The minimum Gasteiger partial charge on any atom is -0.462 e. The van der Waals surface area contributed by atoms with Gasteiger partial charge in [-0.1, -0.05) is 20.8 Å². The molecule has 0 aromatic rings. The molecule has 3 fully saturated rings. The summed E-state index contributed by atoms with van der Waals surface area (Å²) in [5, 5.41) is 0. The molecular formula is C19H30O4. The lowest BCUT2D eigenvalue weighted by Gasteiger charge is -2.58. The predicted molar refractivity (Wildman–Crippen MR) is 86.6 cm³/mol. The lowest BCUT2D eigenvalue weighted by atomic mass is 9.49. The second kappa shape index (κ2) is 5.22. The van der Waals surface area contributed by atoms with Crippen molar-refractivity contribution >= 4 is 11.9 Å². The molecule has 4 heteroatoms. The quantitative estimate of drug-likeness (QED) is 0.724. The van der Waals surface area contributed by atoms with Crippen molar-refractivity contribution in [3.8, 4) is 0 Å². The second-order valence-corrected chi connectivity index (χ2v) is 9.08. The van der Waals surface area contributed by atoms with Crippen LogP contribution in [-0.4, -0.2) is 24.1 Å². The first-order valence-corrected chi connectivity index (χ1v) is 8.94. The zero-order chi connectivity index (χ0) is 17.0. The first kappa shape index (κ1) is 16.8. The van der Waals surface area contributed by atoms with E-state index in [2.05, 4.69) is 20.8 Å². The van der Waals surface area contributed by atoms with Crippen LogP contribution in [0.25, 0.3) is 0 Å². The molecule has 0 N–H and O–H groups in total. The lowest BCUT2D eigenvalue weighted by molar-refractivity contribution is -0.186. The highest BCUT2D eigenvalue weighted by atomic mass is 16.5. The number of fused-ring (bicyclic) bond motifs is 1. The molecule has 0 radical (unpaired) electrons. The number of hydrogen-bond acceptors (Lipinski definition) is 4. The molecule has 1 spiro atoms. The molecule has 0 unspecified atom stereocenters. The topological polar surface area (TPSA) is 52.6 Å². The van der Waals surface area contributed by atoms with Crippen LogP contribution in [0.3, 0.4) is 0 Å². The van der Waals surface area contributed by atoms with E-state index in [1.165, 1.54) is 13.8 Å². The Hall–Kier alpha value is -1.06. The Morgan fingerprint density at radius 3 is 2.13 bits per heavy atom. The van der Waals surface area contributed by atoms with Crippen molar-refractivity contribution in [1.29, 1.82) is 0 Å². The molecule has 0 amide bonds. The largest absolute Gasteiger partial charge is 0.462 e. The molecule has 0 aliphatic heterocycles. The number of carbonyl (C=O) groups excluding carboxylic acids is 2. The van der Waals surface area contributed by atoms with Gasteiger partial charge in [0, 0.05) is 24.7 Å². The van der Waals surface area contributed by atoms with E-state index in [1.807, 2.05) is 0 Å². The molecule has 3 aliphatic carbocycles. The van der Waals surface area contributed by atoms with Crippen molar-refractivity contribution in [2.75, 3.05) is 0 Å². The maximum absolute atomic E-state index is 11.6. The van der Waals surface area contributed by atoms with Gasteiger partial charge in [0.15, 0.2) is 0 Å². The first-order valence-electron chi connectivity index (χ1n) is 8.94. The van der Waals surface area contributed by atoms with Gasteiger partial charge in [-0.2, -0.15) is 0 Å². The summed E-state index contributed by atoms with van der Waals surface area (Å²) >= 11 is 0. The number of esters is 2. The van der Waals surface area contributed by atoms with E-state index >= 15 is 0 Å². The van der Waals surface area contributed by atoms with Gasteiger partial charge in [0.05, 0.1) is 0 Å². The molecule has 2 bridgehead atoms. The van der Waals surface area contributed by atoms with Crippen LogP contribution in [0.15, 0.2) is 0 Å². The zero-order valence-electron chi connectivity index (χ0n) is 15.1. The van der Waals surface area contributed by atoms with Crippen LogP contribution >= 0.6 is 0 Å². The third kappa shape index (κ3) is 2.58. The SMILES string of the molecule is CC(=O)O[C@H]1CC[C@@]23C[C@]1(C)CC[C@@H]2C(C)(C)C[C@@H]3OC(C)=O. The van der Waals surface area contributed by atoms with E-state index in [0.29, 0.717) is 5.92 Å². The minimum atomic E-state index is -0.183. The summed E-state index contributed by atoms with van der Waals surface area (Å²) in [5.41, 5.74) is 0.285. The Kier molecular flexibility index (Phi) is 3.81. The fraction of sp³-hybridized carbons (Fsp3) is 0.895. The molecule has 0 heterocycles. The molecule has 0 saturated heterocycles. The van der Waals surface area contributed by atoms with Crippen molar-refractivity contribution in [3.63, 3.8) is 0 Å². The molecule has 23 heavy (non-hydrogen) atoms. The van der Waals surface area contributed by atoms with Gasteiger partial charge in [0.2, 0.25) is 0 Å². The van der Waals surface area contributed by atoms with E-state index in [9.17, 15) is 9.59 Å². The molecule has 4 nitrogen and oxygen atoms in total. The number of ether oxygens (including phenoxy) is 2. The molecule has 3 saturated carbocycles. The third-order valence-electron chi connectivity index (χ3n) is 6.99. The van der Waals surface area contributed by atoms with Crippen LogP contribution in [0.2, 0.25) is 0 Å². The molecule has 130 valence electrons. The molecular weight excluding hydrogens is 292 g/mol. The molecule has 0 aromatic heterocycles. The summed E-state index contributed by atoms with van der Waals surface area (Å²) in [7, 11) is 0. The van der Waals surface area contributed by atoms with Gasteiger partial charge >= 0.3 is 11.9 Å². The van der Waals surface area contributed by atoms with E-state index < -0.39 is 0 Å². The summed E-state index contributed by atoms with van der Waals surface area (Å²) in [6.45, 7) is 9.92. The van der Waals surface area contributed by atoms with Gasteiger partial charge in [0.25, 0.3) is 0 Å². The highest BCUT2D eigenvalue weighted by Gasteiger charge is 2.66. The van der Waals surface area contributed by atoms with Gasteiger partial charge < -0.3 is 9.47 Å². The smallest absolute Gasteiger partial charge is 0.302 e. The monoisotopic (exact) mass is 322 g/mol. The van der Waals surface area contributed by atoms with Crippen molar-refractivity contribution in [2.45, 2.75) is 85.4 Å². The highest BCUT2D eigenvalue weighted by molar-refractivity contribution is 5.66. The van der Waals surface area contributed by atoms with Crippen molar-refractivity contribution in [1.82, 2.24) is 0 Å². The molecule has 3 aliphatic rings. The standard InChI is InChI=1S/C19H30O4/c1-12(20)22-15-7-9-19-11-18(15,5)8-6-14(19)17(3,4)10-16(19)23-13(2)21/h14-16H,6-11H2,1-5H3/t14-,15+,16+,18+,19-/m1/s1. The lowest BCUT2D eigenvalue weighted by Crippen LogP contribution is -2.55. The Labute approximate surface area is 139 Å². The van der Waals surface area contributed by atoms with E-state index in [-0.39, 0.29) is 40.4 Å². The van der Waals surface area contributed by atoms with Gasteiger partial charge in [-0.3, -0.25) is 9.59 Å². The van der Waals surface area contributed by atoms with Crippen LogP contribution < -0.4 is 0 Å². The summed E-state index contributed by atoms with van der Waals surface area (Å²) in [6, 6.07) is 0. The Morgan fingerprint density at radius 1 is 0.913 bits per heavy atom. The third-order valence-corrected chi connectivity index (χ3v) is 6.99. The van der Waals surface area contributed by atoms with Gasteiger partial charge in [-0.25, -0.2) is 0 Å². The number of rotatable bonds is 2. The van der Waals surface area contributed by atoms with Gasteiger partial charge in [0.1, 0.15) is 12.2 Å². The van der Waals surface area contributed by atoms with Crippen molar-refractivity contribution in [3.05, 3.63) is 0 Å². The van der Waals surface area contributed by atoms with E-state index in [1.54, 1.807) is 0 Å². The van der Waals surface area contributed by atoms with Crippen molar-refractivity contribution < 1.29 is 19.1 Å². The highest BCUT2D eigenvalue weighted by Crippen LogP contribution is 2.69. The maximum Gasteiger partial charge on any atom is 0.302 e. The average Bonchev–Trinajstić information content (AvgIpc) is 2.59. The molecule has 0 aromatic carbocycles. The van der Waals surface area contributed by atoms with Crippen LogP contribution in [0.1, 0.15) is 73.1 Å². The minimum absolute atomic E-state index is 0.00765. The number of carbonyl (C=O) groups is 2. The summed E-state index contributed by atoms with van der Waals surface area (Å²) in [4.78, 5) is 23.1. The van der Waals surface area contributed by atoms with Crippen molar-refractivity contribution in [2.24, 2.45) is 22.2 Å². The number of hydrogen-bond donors (Lipinski definition) is 0. The Balaban J connectivity index is 1.92. The second-order valence-electron chi connectivity index (χ2n) is 9.08. The fourth-order valence-corrected chi connectivity index (χ4v) is 6.26. The van der Waals surface area contributed by atoms with Gasteiger partial charge in [-0.15, -0.1) is 0 Å². The Morgan fingerprint density at radius 2 is 1.52 bits per heavy atom. The fourth-order valence-electron chi connectivity index (χ4n) is 6.26. The zero-order valence-corrected chi connectivity index (χ0v) is 15.1. The van der Waals surface area contributed by atoms with Crippen LogP contribution in [0.4, 0.5) is 0 Å². The first-order chi connectivity index (χ1) is 10.6. The van der Waals surface area contributed by atoms with Gasteiger partial charge in [-0.05, 0) is 49.9 Å². The summed E-state index contributed by atoms with van der Waals surface area (Å²) in [6.07, 6.45) is 6.08. The molecule has 3 rings (SSSR count). The molecule has 5 atom stereocenters. The predicted octanol–water partition coefficient (Wildman–Crippen LogP) is 3.87. The van der Waals surface area contributed by atoms with Crippen LogP contribution in [0.5, 0.6) is 0 Å². The van der Waals surface area contributed by atoms with E-state index in [0.717, 1.165) is 38.5 Å².